The van der Waals surface area contributed by atoms with Gasteiger partial charge in [0.2, 0.25) is 0 Å². The maximum absolute atomic E-state index is 12.2. The minimum absolute atomic E-state index is 0.334. The minimum Gasteiger partial charge on any atom is -0.456 e. The fourth-order valence-corrected chi connectivity index (χ4v) is 3.69. The van der Waals surface area contributed by atoms with E-state index in [1.165, 1.54) is 0 Å². The van der Waals surface area contributed by atoms with Crippen molar-refractivity contribution in [3.8, 4) is 11.8 Å². The predicted octanol–water partition coefficient (Wildman–Crippen LogP) is 5.13. The first-order valence-electron chi connectivity index (χ1n) is 8.76. The smallest absolute Gasteiger partial charge is 0.338 e. The van der Waals surface area contributed by atoms with Crippen LogP contribution in [0.4, 0.5) is 0 Å². The van der Waals surface area contributed by atoms with E-state index in [1.54, 1.807) is 6.07 Å². The number of cyclic esters (lactones) is 1. The van der Waals surface area contributed by atoms with Crippen LogP contribution in [-0.2, 0) is 9.61 Å². The van der Waals surface area contributed by atoms with Crippen molar-refractivity contribution in [3.05, 3.63) is 107 Å². The van der Waals surface area contributed by atoms with Gasteiger partial charge in [0.1, 0.15) is 11.0 Å². The first-order valence-corrected chi connectivity index (χ1v) is 9.14. The maximum Gasteiger partial charge on any atom is 0.338 e. The van der Waals surface area contributed by atoms with Crippen molar-refractivity contribution in [1.29, 1.82) is 0 Å². The first-order chi connectivity index (χ1) is 13.1. The number of carbonyl (C=O) groups excluding carboxylic acids is 1. The molecule has 2 unspecified atom stereocenters. The van der Waals surface area contributed by atoms with Crippen LogP contribution in [0.3, 0.4) is 0 Å². The predicted molar refractivity (Wildman–Crippen MR) is 107 cm³/mol. The highest BCUT2D eigenvalue weighted by Crippen LogP contribution is 2.45. The van der Waals surface area contributed by atoms with E-state index in [9.17, 15) is 4.79 Å². The number of hydrogen-bond acceptors (Lipinski definition) is 2. The maximum atomic E-state index is 12.2. The molecule has 0 aromatic heterocycles. The Morgan fingerprint density at radius 2 is 1.44 bits per heavy atom. The fourth-order valence-electron chi connectivity index (χ4n) is 3.35. The van der Waals surface area contributed by atoms with Gasteiger partial charge in [0, 0.05) is 11.1 Å². The number of fused-ring (bicyclic) bond motifs is 1. The molecular formula is C24H17ClO2. The summed E-state index contributed by atoms with van der Waals surface area (Å²) in [7, 11) is 0. The van der Waals surface area contributed by atoms with Gasteiger partial charge in [-0.05, 0) is 48.4 Å². The summed E-state index contributed by atoms with van der Waals surface area (Å²) in [6.07, 6.45) is -0.484. The fraction of sp³-hybridized carbons (Fsp3) is 0.125. The van der Waals surface area contributed by atoms with E-state index in [0.717, 1.165) is 22.3 Å². The lowest BCUT2D eigenvalue weighted by molar-refractivity contribution is 0.0215. The summed E-state index contributed by atoms with van der Waals surface area (Å²) in [4.78, 5) is 11.3. The van der Waals surface area contributed by atoms with Crippen molar-refractivity contribution in [1.82, 2.24) is 0 Å². The number of ether oxygens (including phenoxy) is 1. The Morgan fingerprint density at radius 1 is 0.852 bits per heavy atom. The third-order valence-electron chi connectivity index (χ3n) is 4.81. The molecule has 0 fully saturated rings. The third kappa shape index (κ3) is 3.12. The molecule has 2 atom stereocenters. The van der Waals surface area contributed by atoms with Crippen molar-refractivity contribution in [2.75, 3.05) is 0 Å². The molecule has 1 aliphatic rings. The standard InChI is InChI=1S/C24H17ClO2/c1-17-24(25,22-10-6-5-9-21(22)23(26)27-17)20-15-13-19(14-16-20)12-11-18-7-3-2-4-8-18/h2-10,13-17H,1H3. The Morgan fingerprint density at radius 3 is 2.15 bits per heavy atom. The normalized spacial score (nSPS) is 20.8. The molecule has 4 rings (SSSR count). The molecule has 3 aromatic carbocycles. The van der Waals surface area contributed by atoms with E-state index in [2.05, 4.69) is 11.8 Å². The quantitative estimate of drug-likeness (QED) is 0.336. The monoisotopic (exact) mass is 372 g/mol. The van der Waals surface area contributed by atoms with Crippen LogP contribution in [0.2, 0.25) is 0 Å². The van der Waals surface area contributed by atoms with Crippen LogP contribution in [0.5, 0.6) is 0 Å². The number of alkyl halides is 1. The Bertz CT molecular complexity index is 1040. The van der Waals surface area contributed by atoms with Gasteiger partial charge in [0.05, 0.1) is 5.56 Å². The van der Waals surface area contributed by atoms with Gasteiger partial charge in [0.15, 0.2) is 0 Å². The molecule has 0 aliphatic carbocycles. The van der Waals surface area contributed by atoms with Crippen molar-refractivity contribution in [2.45, 2.75) is 17.9 Å². The second-order valence-corrected chi connectivity index (χ2v) is 7.09. The first kappa shape index (κ1) is 17.4. The van der Waals surface area contributed by atoms with E-state index in [0.29, 0.717) is 5.56 Å². The number of carbonyl (C=O) groups is 1. The number of benzene rings is 3. The van der Waals surface area contributed by atoms with E-state index in [4.69, 9.17) is 16.3 Å². The van der Waals surface area contributed by atoms with Gasteiger partial charge in [-0.15, -0.1) is 11.6 Å². The van der Waals surface area contributed by atoms with Gasteiger partial charge in [-0.25, -0.2) is 4.79 Å². The average Bonchev–Trinajstić information content (AvgIpc) is 2.72. The zero-order valence-electron chi connectivity index (χ0n) is 14.8. The van der Waals surface area contributed by atoms with E-state index in [1.807, 2.05) is 79.7 Å². The molecular weight excluding hydrogens is 356 g/mol. The van der Waals surface area contributed by atoms with Crippen LogP contribution in [-0.4, -0.2) is 12.1 Å². The Hall–Kier alpha value is -3.02. The molecule has 2 nitrogen and oxygen atoms in total. The van der Waals surface area contributed by atoms with Gasteiger partial charge in [-0.3, -0.25) is 0 Å². The van der Waals surface area contributed by atoms with Crippen LogP contribution < -0.4 is 0 Å². The van der Waals surface area contributed by atoms with Crippen molar-refractivity contribution in [3.63, 3.8) is 0 Å². The molecule has 0 spiro atoms. The van der Waals surface area contributed by atoms with E-state index in [-0.39, 0.29) is 5.97 Å². The van der Waals surface area contributed by atoms with Crippen LogP contribution >= 0.6 is 11.6 Å². The van der Waals surface area contributed by atoms with E-state index < -0.39 is 11.0 Å². The second-order valence-electron chi connectivity index (χ2n) is 6.50. The van der Waals surface area contributed by atoms with Gasteiger partial charge in [-0.2, -0.15) is 0 Å². The molecule has 27 heavy (non-hydrogen) atoms. The van der Waals surface area contributed by atoms with Crippen LogP contribution in [0.1, 0.15) is 39.5 Å². The summed E-state index contributed by atoms with van der Waals surface area (Å²) >= 11 is 7.06. The molecule has 0 saturated heterocycles. The largest absolute Gasteiger partial charge is 0.456 e. The highest BCUT2D eigenvalue weighted by molar-refractivity contribution is 6.27. The molecule has 0 amide bonds. The zero-order valence-corrected chi connectivity index (χ0v) is 15.5. The SMILES string of the molecule is CC1OC(=O)c2ccccc2C1(Cl)c1ccc(C#Cc2ccccc2)cc1. The molecule has 0 saturated carbocycles. The minimum atomic E-state index is -0.921. The summed E-state index contributed by atoms with van der Waals surface area (Å²) in [5.41, 5.74) is 4.03. The molecule has 0 N–H and O–H groups in total. The molecule has 132 valence electrons. The van der Waals surface area contributed by atoms with E-state index >= 15 is 0 Å². The Balaban J connectivity index is 1.71. The Kier molecular flexibility index (Phi) is 4.48. The number of esters is 1. The topological polar surface area (TPSA) is 26.3 Å². The summed E-state index contributed by atoms with van der Waals surface area (Å²) < 4.78 is 5.52. The van der Waals surface area contributed by atoms with Crippen molar-refractivity contribution >= 4 is 17.6 Å². The average molecular weight is 373 g/mol. The highest BCUT2D eigenvalue weighted by atomic mass is 35.5. The molecule has 3 heteroatoms. The number of rotatable bonds is 1. The lowest BCUT2D eigenvalue weighted by Crippen LogP contribution is -2.42. The Labute approximate surface area is 163 Å². The lowest BCUT2D eigenvalue weighted by Gasteiger charge is -2.38. The van der Waals surface area contributed by atoms with Gasteiger partial charge in [0.25, 0.3) is 0 Å². The number of halogens is 1. The molecule has 1 heterocycles. The summed E-state index contributed by atoms with van der Waals surface area (Å²) in [6, 6.07) is 25.0. The molecule has 0 bridgehead atoms. The van der Waals surface area contributed by atoms with Crippen LogP contribution in [0.15, 0.2) is 78.9 Å². The second kappa shape index (κ2) is 6.95. The van der Waals surface area contributed by atoms with Crippen LogP contribution in [0.25, 0.3) is 0 Å². The van der Waals surface area contributed by atoms with Gasteiger partial charge < -0.3 is 4.74 Å². The molecule has 3 aromatic rings. The summed E-state index contributed by atoms with van der Waals surface area (Å²) in [6.45, 7) is 1.82. The van der Waals surface area contributed by atoms with Gasteiger partial charge >= 0.3 is 5.97 Å². The zero-order chi connectivity index (χ0) is 18.9. The number of hydrogen-bond donors (Lipinski definition) is 0. The van der Waals surface area contributed by atoms with Crippen molar-refractivity contribution < 1.29 is 9.53 Å². The molecule has 0 radical (unpaired) electrons. The van der Waals surface area contributed by atoms with Crippen molar-refractivity contribution in [2.24, 2.45) is 0 Å². The lowest BCUT2D eigenvalue weighted by atomic mass is 9.81. The highest BCUT2D eigenvalue weighted by Gasteiger charge is 2.46. The summed E-state index contributed by atoms with van der Waals surface area (Å²) in [5, 5.41) is 0. The third-order valence-corrected chi connectivity index (χ3v) is 5.54. The van der Waals surface area contributed by atoms with Crippen LogP contribution in [0, 0.1) is 11.8 Å². The summed E-state index contributed by atoms with van der Waals surface area (Å²) in [5.74, 6) is 5.98. The van der Waals surface area contributed by atoms with Gasteiger partial charge in [-0.1, -0.05) is 60.4 Å². The molecule has 1 aliphatic heterocycles.